The van der Waals surface area contributed by atoms with E-state index in [1.165, 1.54) is 0 Å². The Bertz CT molecular complexity index is 504. The van der Waals surface area contributed by atoms with E-state index in [1.54, 1.807) is 0 Å². The van der Waals surface area contributed by atoms with Crippen LogP contribution in [0.5, 0.6) is 5.75 Å². The van der Waals surface area contributed by atoms with Crippen LogP contribution >= 0.6 is 0 Å². The molecule has 0 atom stereocenters. The molecule has 15 heavy (non-hydrogen) atoms. The molecule has 4 heteroatoms. The van der Waals surface area contributed by atoms with Gasteiger partial charge in [0.2, 0.25) is 0 Å². The molecule has 3 rings (SSSR count). The topological polar surface area (TPSA) is 49.9 Å². The molecule has 1 aromatic carbocycles. The molecule has 0 spiro atoms. The van der Waals surface area contributed by atoms with Gasteiger partial charge in [-0.1, -0.05) is 12.1 Å². The van der Waals surface area contributed by atoms with Crippen molar-refractivity contribution in [2.45, 2.75) is 6.61 Å². The summed E-state index contributed by atoms with van der Waals surface area (Å²) in [5.74, 6) is 1.77. The number of hydrogen-bond acceptors (Lipinski definition) is 3. The lowest BCUT2D eigenvalue weighted by Crippen LogP contribution is -2.05. The molecule has 0 saturated carbocycles. The summed E-state index contributed by atoms with van der Waals surface area (Å²) in [5.41, 5.74) is 3.23. The molecule has 2 heterocycles. The Morgan fingerprint density at radius 2 is 2.27 bits per heavy atom. The fourth-order valence-corrected chi connectivity index (χ4v) is 1.88. The van der Waals surface area contributed by atoms with Gasteiger partial charge in [0.1, 0.15) is 12.4 Å². The van der Waals surface area contributed by atoms with E-state index in [4.69, 9.17) is 4.74 Å². The van der Waals surface area contributed by atoms with E-state index in [1.807, 2.05) is 31.3 Å². The number of rotatable bonds is 1. The van der Waals surface area contributed by atoms with Crippen molar-refractivity contribution in [2.75, 3.05) is 12.4 Å². The molecule has 0 fully saturated rings. The van der Waals surface area contributed by atoms with Crippen LogP contribution in [0.3, 0.4) is 0 Å². The van der Waals surface area contributed by atoms with Crippen LogP contribution in [0, 0.1) is 0 Å². The van der Waals surface area contributed by atoms with Gasteiger partial charge < -0.3 is 10.1 Å². The van der Waals surface area contributed by atoms with Gasteiger partial charge >= 0.3 is 0 Å². The van der Waals surface area contributed by atoms with E-state index in [0.717, 1.165) is 28.4 Å². The lowest BCUT2D eigenvalue weighted by atomic mass is 10.0. The second-order valence-electron chi connectivity index (χ2n) is 3.46. The van der Waals surface area contributed by atoms with Crippen LogP contribution < -0.4 is 10.1 Å². The molecule has 4 nitrogen and oxygen atoms in total. The van der Waals surface area contributed by atoms with Crippen molar-refractivity contribution in [3.8, 4) is 17.0 Å². The van der Waals surface area contributed by atoms with E-state index in [-0.39, 0.29) is 0 Å². The van der Waals surface area contributed by atoms with Gasteiger partial charge in [0.15, 0.2) is 5.82 Å². The van der Waals surface area contributed by atoms with Crippen LogP contribution in [-0.2, 0) is 6.61 Å². The van der Waals surface area contributed by atoms with Crippen LogP contribution in [-0.4, -0.2) is 17.2 Å². The lowest BCUT2D eigenvalue weighted by Gasteiger charge is -2.17. The Balaban J connectivity index is 2.22. The van der Waals surface area contributed by atoms with Crippen molar-refractivity contribution in [3.05, 3.63) is 29.8 Å². The SMILES string of the molecule is CNc1n[nH]c2c1COc1ccccc1-2. The first-order valence-electron chi connectivity index (χ1n) is 4.87. The Morgan fingerprint density at radius 3 is 3.13 bits per heavy atom. The zero-order valence-electron chi connectivity index (χ0n) is 8.37. The normalized spacial score (nSPS) is 12.6. The Labute approximate surface area is 87.3 Å². The van der Waals surface area contributed by atoms with Crippen LogP contribution in [0.15, 0.2) is 24.3 Å². The molecule has 76 valence electrons. The summed E-state index contributed by atoms with van der Waals surface area (Å²) in [6.07, 6.45) is 0. The van der Waals surface area contributed by atoms with E-state index >= 15 is 0 Å². The summed E-state index contributed by atoms with van der Waals surface area (Å²) in [6.45, 7) is 0.568. The van der Waals surface area contributed by atoms with Gasteiger partial charge in [-0.05, 0) is 12.1 Å². The Hall–Kier alpha value is -1.97. The zero-order valence-corrected chi connectivity index (χ0v) is 8.37. The van der Waals surface area contributed by atoms with Gasteiger partial charge in [-0.2, -0.15) is 5.10 Å². The molecule has 1 aromatic heterocycles. The minimum absolute atomic E-state index is 0.568. The number of H-pyrrole nitrogens is 1. The molecular formula is C11H11N3O. The molecule has 0 saturated heterocycles. The van der Waals surface area contributed by atoms with Gasteiger partial charge in [0, 0.05) is 12.6 Å². The summed E-state index contributed by atoms with van der Waals surface area (Å²) in [6, 6.07) is 7.97. The maximum atomic E-state index is 5.65. The van der Waals surface area contributed by atoms with Gasteiger partial charge in [0.05, 0.1) is 11.3 Å². The number of benzene rings is 1. The summed E-state index contributed by atoms with van der Waals surface area (Å²) in [7, 11) is 1.86. The van der Waals surface area contributed by atoms with Crippen molar-refractivity contribution in [3.63, 3.8) is 0 Å². The van der Waals surface area contributed by atoms with E-state index in [0.29, 0.717) is 6.61 Å². The van der Waals surface area contributed by atoms with Crippen LogP contribution in [0.4, 0.5) is 5.82 Å². The van der Waals surface area contributed by atoms with Crippen molar-refractivity contribution >= 4 is 5.82 Å². The Morgan fingerprint density at radius 1 is 1.40 bits per heavy atom. The summed E-state index contributed by atoms with van der Waals surface area (Å²) >= 11 is 0. The highest BCUT2D eigenvalue weighted by Gasteiger charge is 2.21. The average molecular weight is 201 g/mol. The molecule has 0 amide bonds. The standard InChI is InChI=1S/C11H11N3O/c1-12-11-8-6-15-9-5-3-2-4-7(9)10(8)13-14-11/h2-5H,6H2,1H3,(H2,12,13,14). The largest absolute Gasteiger partial charge is 0.488 e. The molecular weight excluding hydrogens is 190 g/mol. The third-order valence-electron chi connectivity index (χ3n) is 2.63. The summed E-state index contributed by atoms with van der Waals surface area (Å²) in [4.78, 5) is 0. The Kier molecular flexibility index (Phi) is 1.68. The van der Waals surface area contributed by atoms with Gasteiger partial charge in [0.25, 0.3) is 0 Å². The zero-order chi connectivity index (χ0) is 10.3. The maximum Gasteiger partial charge on any atom is 0.154 e. The molecule has 0 unspecified atom stereocenters. The molecule has 1 aliphatic rings. The predicted octanol–water partition coefficient (Wildman–Crippen LogP) is 2.01. The third-order valence-corrected chi connectivity index (χ3v) is 2.63. The lowest BCUT2D eigenvalue weighted by molar-refractivity contribution is 0.303. The second-order valence-corrected chi connectivity index (χ2v) is 3.46. The number of aromatic nitrogens is 2. The predicted molar refractivity (Wildman–Crippen MR) is 57.9 cm³/mol. The maximum absolute atomic E-state index is 5.65. The summed E-state index contributed by atoms with van der Waals surface area (Å²) < 4.78 is 5.65. The molecule has 0 bridgehead atoms. The number of nitrogens with one attached hydrogen (secondary N) is 2. The number of hydrogen-bond donors (Lipinski definition) is 2. The third kappa shape index (κ3) is 1.11. The fourth-order valence-electron chi connectivity index (χ4n) is 1.88. The quantitative estimate of drug-likeness (QED) is 0.742. The number of anilines is 1. The monoisotopic (exact) mass is 201 g/mol. The highest BCUT2D eigenvalue weighted by atomic mass is 16.5. The van der Waals surface area contributed by atoms with Crippen molar-refractivity contribution in [1.82, 2.24) is 10.2 Å². The van der Waals surface area contributed by atoms with Crippen molar-refractivity contribution in [1.29, 1.82) is 0 Å². The first kappa shape index (κ1) is 8.35. The first-order chi connectivity index (χ1) is 7.40. The van der Waals surface area contributed by atoms with Gasteiger partial charge in [-0.3, -0.25) is 5.10 Å². The van der Waals surface area contributed by atoms with Crippen molar-refractivity contribution in [2.24, 2.45) is 0 Å². The first-order valence-corrected chi connectivity index (χ1v) is 4.87. The molecule has 2 N–H and O–H groups in total. The number of fused-ring (bicyclic) bond motifs is 3. The minimum atomic E-state index is 0.568. The number of aromatic amines is 1. The van der Waals surface area contributed by atoms with Gasteiger partial charge in [-0.15, -0.1) is 0 Å². The smallest absolute Gasteiger partial charge is 0.154 e. The number of nitrogens with zero attached hydrogens (tertiary/aromatic N) is 1. The summed E-state index contributed by atoms with van der Waals surface area (Å²) in [5, 5.41) is 10.3. The van der Waals surface area contributed by atoms with E-state index in [2.05, 4.69) is 15.5 Å². The average Bonchev–Trinajstić information content (AvgIpc) is 2.72. The van der Waals surface area contributed by atoms with Gasteiger partial charge in [-0.25, -0.2) is 0 Å². The highest BCUT2D eigenvalue weighted by molar-refractivity contribution is 5.75. The number of para-hydroxylation sites is 1. The van der Waals surface area contributed by atoms with Crippen LogP contribution in [0.1, 0.15) is 5.56 Å². The molecule has 1 aliphatic heterocycles. The fraction of sp³-hybridized carbons (Fsp3) is 0.182. The highest BCUT2D eigenvalue weighted by Crippen LogP contribution is 2.38. The van der Waals surface area contributed by atoms with Crippen LogP contribution in [0.25, 0.3) is 11.3 Å². The number of ether oxygens (including phenoxy) is 1. The molecule has 2 aromatic rings. The molecule has 0 radical (unpaired) electrons. The molecule has 0 aliphatic carbocycles. The minimum Gasteiger partial charge on any atom is -0.488 e. The van der Waals surface area contributed by atoms with Crippen LogP contribution in [0.2, 0.25) is 0 Å². The van der Waals surface area contributed by atoms with E-state index < -0.39 is 0 Å². The van der Waals surface area contributed by atoms with E-state index in [9.17, 15) is 0 Å². The van der Waals surface area contributed by atoms with Crippen molar-refractivity contribution < 1.29 is 4.74 Å². The second kappa shape index (κ2) is 3.02.